The molecule has 3 aromatic rings. The molecule has 180 valence electrons. The minimum Gasteiger partial charge on any atom is -0.497 e. The van der Waals surface area contributed by atoms with Gasteiger partial charge in [-0.1, -0.05) is 31.4 Å². The predicted molar refractivity (Wildman–Crippen MR) is 133 cm³/mol. The number of rotatable bonds is 9. The molecule has 0 spiro atoms. The molecular weight excluding hydrogens is 432 g/mol. The minimum atomic E-state index is 0.163. The van der Waals surface area contributed by atoms with Gasteiger partial charge in [0.05, 0.1) is 33.6 Å². The summed E-state index contributed by atoms with van der Waals surface area (Å²) in [7, 11) is 4.90. The number of benzene rings is 2. The Morgan fingerprint density at radius 1 is 0.882 bits per heavy atom. The lowest BCUT2D eigenvalue weighted by Gasteiger charge is -2.26. The van der Waals surface area contributed by atoms with Gasteiger partial charge in [-0.05, 0) is 42.7 Å². The van der Waals surface area contributed by atoms with Gasteiger partial charge in [0.25, 0.3) is 0 Å². The Kier molecular flexibility index (Phi) is 7.51. The molecular formula is C25H32N6O3. The lowest BCUT2D eigenvalue weighted by Crippen LogP contribution is -2.26. The van der Waals surface area contributed by atoms with Crippen LogP contribution in [-0.2, 0) is 6.54 Å². The van der Waals surface area contributed by atoms with E-state index in [0.717, 1.165) is 29.8 Å². The summed E-state index contributed by atoms with van der Waals surface area (Å²) in [4.78, 5) is 15.6. The van der Waals surface area contributed by atoms with Crippen molar-refractivity contribution < 1.29 is 14.2 Å². The third-order valence-electron chi connectivity index (χ3n) is 6.00. The van der Waals surface area contributed by atoms with Crippen LogP contribution in [0.2, 0.25) is 0 Å². The van der Waals surface area contributed by atoms with Crippen LogP contribution in [0.15, 0.2) is 42.5 Å². The Balaban J connectivity index is 1.72. The maximum Gasteiger partial charge on any atom is 0.236 e. The van der Waals surface area contributed by atoms with Crippen LogP contribution in [0.5, 0.6) is 17.2 Å². The molecule has 1 saturated carbocycles. The summed E-state index contributed by atoms with van der Waals surface area (Å²) in [6, 6.07) is 13.9. The van der Waals surface area contributed by atoms with Crippen molar-refractivity contribution in [1.82, 2.24) is 15.0 Å². The summed E-state index contributed by atoms with van der Waals surface area (Å²) >= 11 is 0. The first kappa shape index (κ1) is 23.4. The van der Waals surface area contributed by atoms with Crippen LogP contribution in [-0.4, -0.2) is 42.3 Å². The van der Waals surface area contributed by atoms with Gasteiger partial charge in [0, 0.05) is 12.1 Å². The lowest BCUT2D eigenvalue weighted by atomic mass is 9.96. The largest absolute Gasteiger partial charge is 0.497 e. The Morgan fingerprint density at radius 3 is 2.26 bits per heavy atom. The highest BCUT2D eigenvalue weighted by Gasteiger charge is 2.21. The predicted octanol–water partition coefficient (Wildman–Crippen LogP) is 4.56. The summed E-state index contributed by atoms with van der Waals surface area (Å²) in [5.74, 6) is 3.20. The molecule has 0 saturated heterocycles. The quantitative estimate of drug-likeness (QED) is 0.471. The van der Waals surface area contributed by atoms with E-state index in [0.29, 0.717) is 36.0 Å². The van der Waals surface area contributed by atoms with Gasteiger partial charge in [0.2, 0.25) is 17.8 Å². The van der Waals surface area contributed by atoms with E-state index in [4.69, 9.17) is 24.9 Å². The molecule has 0 unspecified atom stereocenters. The maximum atomic E-state index is 6.13. The molecule has 0 bridgehead atoms. The number of methoxy groups -OCH3 is 3. The zero-order valence-corrected chi connectivity index (χ0v) is 20.0. The molecule has 34 heavy (non-hydrogen) atoms. The third kappa shape index (κ3) is 5.59. The van der Waals surface area contributed by atoms with Crippen molar-refractivity contribution in [2.75, 3.05) is 37.3 Å². The van der Waals surface area contributed by atoms with E-state index in [-0.39, 0.29) is 5.95 Å². The van der Waals surface area contributed by atoms with E-state index in [1.165, 1.54) is 19.3 Å². The first-order valence-corrected chi connectivity index (χ1v) is 11.5. The van der Waals surface area contributed by atoms with Gasteiger partial charge in [0.15, 0.2) is 0 Å². The lowest BCUT2D eigenvalue weighted by molar-refractivity contribution is 0.394. The average Bonchev–Trinajstić information content (AvgIpc) is 2.87. The van der Waals surface area contributed by atoms with Gasteiger partial charge in [-0.3, -0.25) is 0 Å². The van der Waals surface area contributed by atoms with Gasteiger partial charge in [-0.15, -0.1) is 0 Å². The molecule has 9 heteroatoms. The monoisotopic (exact) mass is 464 g/mol. The number of hydrogen-bond donors (Lipinski definition) is 2. The van der Waals surface area contributed by atoms with Gasteiger partial charge in [-0.2, -0.15) is 15.0 Å². The Morgan fingerprint density at radius 2 is 1.59 bits per heavy atom. The number of nitrogens with two attached hydrogens (primary N) is 1. The summed E-state index contributed by atoms with van der Waals surface area (Å²) in [5, 5.41) is 3.46. The number of anilines is 4. The smallest absolute Gasteiger partial charge is 0.236 e. The van der Waals surface area contributed by atoms with E-state index in [2.05, 4.69) is 15.3 Å². The topological polar surface area (TPSA) is 108 Å². The number of nitrogens with one attached hydrogen (secondary N) is 1. The molecule has 4 rings (SSSR count). The normalized spacial score (nSPS) is 13.9. The van der Waals surface area contributed by atoms with Gasteiger partial charge < -0.3 is 30.2 Å². The van der Waals surface area contributed by atoms with Gasteiger partial charge >= 0.3 is 0 Å². The zero-order chi connectivity index (χ0) is 23.9. The Labute approximate surface area is 200 Å². The summed E-state index contributed by atoms with van der Waals surface area (Å²) in [6.07, 6.45) is 5.89. The van der Waals surface area contributed by atoms with Gasteiger partial charge in [-0.25, -0.2) is 0 Å². The third-order valence-corrected chi connectivity index (χ3v) is 6.00. The van der Waals surface area contributed by atoms with E-state index in [1.54, 1.807) is 21.3 Å². The second kappa shape index (κ2) is 10.9. The van der Waals surface area contributed by atoms with Crippen molar-refractivity contribution >= 4 is 23.5 Å². The van der Waals surface area contributed by atoms with E-state index < -0.39 is 0 Å². The molecule has 1 heterocycles. The highest BCUT2D eigenvalue weighted by atomic mass is 16.5. The highest BCUT2D eigenvalue weighted by molar-refractivity contribution is 5.68. The van der Waals surface area contributed by atoms with E-state index in [1.807, 2.05) is 47.4 Å². The molecule has 1 aromatic heterocycles. The van der Waals surface area contributed by atoms with Crippen molar-refractivity contribution in [2.24, 2.45) is 0 Å². The molecule has 0 amide bonds. The number of aromatic nitrogens is 3. The zero-order valence-electron chi connectivity index (χ0n) is 20.0. The highest BCUT2D eigenvalue weighted by Crippen LogP contribution is 2.37. The number of ether oxygens (including phenoxy) is 3. The van der Waals surface area contributed by atoms with Crippen LogP contribution in [0, 0.1) is 0 Å². The van der Waals surface area contributed by atoms with Crippen molar-refractivity contribution in [3.63, 3.8) is 0 Å². The van der Waals surface area contributed by atoms with Crippen LogP contribution >= 0.6 is 0 Å². The van der Waals surface area contributed by atoms with Crippen molar-refractivity contribution in [3.8, 4) is 17.2 Å². The second-order valence-corrected chi connectivity index (χ2v) is 8.27. The van der Waals surface area contributed by atoms with Crippen LogP contribution in [0.3, 0.4) is 0 Å². The number of nitrogens with zero attached hydrogens (tertiary/aromatic N) is 4. The van der Waals surface area contributed by atoms with Crippen LogP contribution in [0.1, 0.15) is 37.7 Å². The molecule has 1 aliphatic carbocycles. The van der Waals surface area contributed by atoms with Crippen LogP contribution in [0.25, 0.3) is 0 Å². The summed E-state index contributed by atoms with van der Waals surface area (Å²) in [5.41, 5.74) is 7.96. The van der Waals surface area contributed by atoms with E-state index >= 15 is 0 Å². The van der Waals surface area contributed by atoms with Crippen LogP contribution < -0.4 is 30.2 Å². The second-order valence-electron chi connectivity index (χ2n) is 8.27. The van der Waals surface area contributed by atoms with Crippen molar-refractivity contribution in [3.05, 3.63) is 48.0 Å². The molecule has 3 N–H and O–H groups in total. The molecule has 1 fully saturated rings. The SMILES string of the molecule is COc1ccc(CN(c2nc(N)nc(NC3CCCCC3)n2)c2ccc(OC)cc2OC)cc1. The Hall–Kier alpha value is -3.75. The molecule has 0 radical (unpaired) electrons. The minimum absolute atomic E-state index is 0.163. The van der Waals surface area contributed by atoms with Crippen LogP contribution in [0.4, 0.5) is 23.5 Å². The molecule has 0 atom stereocenters. The van der Waals surface area contributed by atoms with Gasteiger partial charge in [0.1, 0.15) is 17.2 Å². The Bertz CT molecular complexity index is 1090. The summed E-state index contributed by atoms with van der Waals surface area (Å²) < 4.78 is 16.4. The fourth-order valence-corrected chi connectivity index (χ4v) is 4.18. The van der Waals surface area contributed by atoms with Crippen molar-refractivity contribution in [2.45, 2.75) is 44.7 Å². The maximum absolute atomic E-state index is 6.13. The summed E-state index contributed by atoms with van der Waals surface area (Å²) in [6.45, 7) is 0.485. The average molecular weight is 465 g/mol. The fourth-order valence-electron chi connectivity index (χ4n) is 4.18. The molecule has 1 aliphatic rings. The first-order chi connectivity index (χ1) is 16.6. The molecule has 2 aromatic carbocycles. The fraction of sp³-hybridized carbons (Fsp3) is 0.400. The standard InChI is InChI=1S/C25H32N6O3/c1-32-19-11-9-17(10-12-19)16-31(21-14-13-20(33-2)15-22(21)34-3)25-29-23(26)28-24(30-25)27-18-7-5-4-6-8-18/h9-15,18H,4-8,16H2,1-3H3,(H3,26,27,28,29,30). The van der Waals surface area contributed by atoms with Crippen molar-refractivity contribution in [1.29, 1.82) is 0 Å². The first-order valence-electron chi connectivity index (χ1n) is 11.5. The molecule has 9 nitrogen and oxygen atoms in total. The number of nitrogen functional groups attached to an aromatic ring is 1. The van der Waals surface area contributed by atoms with E-state index in [9.17, 15) is 0 Å². The molecule has 0 aliphatic heterocycles. The number of hydrogen-bond acceptors (Lipinski definition) is 9.